The Hall–Kier alpha value is -4.04. The van der Waals surface area contributed by atoms with Crippen LogP contribution in [0.5, 0.6) is 0 Å². The molecule has 4 aromatic carbocycles. The molecule has 2 nitrogen and oxygen atoms in total. The third kappa shape index (κ3) is 5.29. The van der Waals surface area contributed by atoms with Gasteiger partial charge in [0, 0.05) is 35.8 Å². The molecule has 0 radical (unpaired) electrons. The fourth-order valence-electron chi connectivity index (χ4n) is 4.53. The van der Waals surface area contributed by atoms with Crippen molar-refractivity contribution in [2.75, 3.05) is 22.9 Å². The van der Waals surface area contributed by atoms with Gasteiger partial charge in [-0.15, -0.1) is 0 Å². The molecule has 0 unspecified atom stereocenters. The van der Waals surface area contributed by atoms with E-state index in [0.29, 0.717) is 0 Å². The van der Waals surface area contributed by atoms with Gasteiger partial charge in [-0.2, -0.15) is 0 Å². The predicted octanol–water partition coefficient (Wildman–Crippen LogP) is 8.31. The molecule has 0 aliphatic heterocycles. The van der Waals surface area contributed by atoms with Crippen LogP contribution < -0.4 is 9.80 Å². The van der Waals surface area contributed by atoms with E-state index in [1.807, 2.05) is 0 Å². The van der Waals surface area contributed by atoms with E-state index in [9.17, 15) is 0 Å². The van der Waals surface area contributed by atoms with Gasteiger partial charge in [-0.25, -0.2) is 0 Å². The van der Waals surface area contributed by atoms with Crippen molar-refractivity contribution in [2.24, 2.45) is 0 Å². The molecule has 34 heavy (non-hydrogen) atoms. The lowest BCUT2D eigenvalue weighted by molar-refractivity contribution is 0.932. The number of para-hydroxylation sites is 4. The molecule has 0 heterocycles. The number of rotatable bonds is 8. The molecule has 0 amide bonds. The second-order valence-electron chi connectivity index (χ2n) is 8.62. The Bertz CT molecular complexity index is 1150. The lowest BCUT2D eigenvalue weighted by atomic mass is 10.1. The molecule has 0 saturated heterocycles. The second kappa shape index (κ2) is 10.7. The smallest absolute Gasteiger partial charge is 0.0444 e. The minimum Gasteiger partial charge on any atom is -0.338 e. The molecular weight excluding hydrogens is 412 g/mol. The Balaban J connectivity index is 1.36. The molecule has 2 heteroatoms. The van der Waals surface area contributed by atoms with Gasteiger partial charge in [0.2, 0.25) is 0 Å². The van der Waals surface area contributed by atoms with E-state index in [2.05, 4.69) is 143 Å². The topological polar surface area (TPSA) is 6.48 Å². The van der Waals surface area contributed by atoms with E-state index >= 15 is 0 Å². The van der Waals surface area contributed by atoms with Crippen LogP contribution in [0.3, 0.4) is 0 Å². The van der Waals surface area contributed by atoms with E-state index in [-0.39, 0.29) is 0 Å². The maximum Gasteiger partial charge on any atom is 0.0444 e. The SMILES string of the molecule is C1=C(CN(c2ccccc2)c2ccccc2)CC/C1=C/CN(c1ccccc1)c1ccccc1. The van der Waals surface area contributed by atoms with E-state index < -0.39 is 0 Å². The van der Waals surface area contributed by atoms with E-state index in [1.165, 1.54) is 33.9 Å². The minimum absolute atomic E-state index is 0.855. The Morgan fingerprint density at radius 2 is 0.912 bits per heavy atom. The monoisotopic (exact) mass is 442 g/mol. The molecule has 0 fully saturated rings. The van der Waals surface area contributed by atoms with Crippen molar-refractivity contribution < 1.29 is 0 Å². The van der Waals surface area contributed by atoms with Crippen LogP contribution in [0.4, 0.5) is 22.7 Å². The van der Waals surface area contributed by atoms with Crippen molar-refractivity contribution in [1.29, 1.82) is 0 Å². The summed E-state index contributed by atoms with van der Waals surface area (Å²) in [7, 11) is 0. The first-order valence-electron chi connectivity index (χ1n) is 12.0. The summed E-state index contributed by atoms with van der Waals surface area (Å²) in [5.74, 6) is 0. The zero-order valence-corrected chi connectivity index (χ0v) is 19.4. The number of hydrogen-bond donors (Lipinski definition) is 0. The first-order chi connectivity index (χ1) is 16.9. The van der Waals surface area contributed by atoms with Crippen molar-refractivity contribution in [3.8, 4) is 0 Å². The summed E-state index contributed by atoms with van der Waals surface area (Å²) in [5.41, 5.74) is 7.79. The molecule has 1 aliphatic rings. The largest absolute Gasteiger partial charge is 0.338 e. The lowest BCUT2D eigenvalue weighted by Crippen LogP contribution is -2.19. The third-order valence-electron chi connectivity index (χ3n) is 6.29. The van der Waals surface area contributed by atoms with Gasteiger partial charge in [0.05, 0.1) is 0 Å². The molecule has 0 N–H and O–H groups in total. The maximum absolute atomic E-state index is 2.41. The average molecular weight is 443 g/mol. The summed E-state index contributed by atoms with van der Waals surface area (Å²) in [6, 6.07) is 42.7. The Labute approximate surface area is 203 Å². The molecule has 5 rings (SSSR count). The molecule has 0 saturated carbocycles. The fraction of sp³-hybridized carbons (Fsp3) is 0.125. The maximum atomic E-state index is 2.41. The normalized spacial score (nSPS) is 14.1. The zero-order chi connectivity index (χ0) is 23.0. The van der Waals surface area contributed by atoms with Crippen LogP contribution in [0.2, 0.25) is 0 Å². The summed E-state index contributed by atoms with van der Waals surface area (Å²) in [6.45, 7) is 1.76. The van der Waals surface area contributed by atoms with Crippen LogP contribution in [-0.4, -0.2) is 13.1 Å². The average Bonchev–Trinajstić information content (AvgIpc) is 3.37. The van der Waals surface area contributed by atoms with Gasteiger partial charge >= 0.3 is 0 Å². The molecule has 1 aliphatic carbocycles. The Kier molecular flexibility index (Phi) is 6.87. The first kappa shape index (κ1) is 21.8. The molecule has 0 spiro atoms. The standard InChI is InChI=1S/C32H30N2/c1-5-13-29(14-6-1)33(30-15-7-2-8-16-30)24-23-27-21-22-28(25-27)26-34(31-17-9-3-10-18-31)32-19-11-4-12-20-32/h1-20,23,25H,21-22,24,26H2/b27-23-. The minimum atomic E-state index is 0.855. The lowest BCUT2D eigenvalue weighted by Gasteiger charge is -2.25. The van der Waals surface area contributed by atoms with Crippen LogP contribution in [0, 0.1) is 0 Å². The Morgan fingerprint density at radius 1 is 0.500 bits per heavy atom. The number of benzene rings is 4. The van der Waals surface area contributed by atoms with Gasteiger partial charge < -0.3 is 9.80 Å². The highest BCUT2D eigenvalue weighted by atomic mass is 15.1. The number of nitrogens with zero attached hydrogens (tertiary/aromatic N) is 2. The van der Waals surface area contributed by atoms with Gasteiger partial charge in [0.1, 0.15) is 0 Å². The second-order valence-corrected chi connectivity index (χ2v) is 8.62. The van der Waals surface area contributed by atoms with E-state index in [1.54, 1.807) is 0 Å². The van der Waals surface area contributed by atoms with Gasteiger partial charge in [-0.05, 0) is 72.5 Å². The van der Waals surface area contributed by atoms with Crippen LogP contribution in [0.15, 0.2) is 145 Å². The van der Waals surface area contributed by atoms with Gasteiger partial charge in [-0.3, -0.25) is 0 Å². The predicted molar refractivity (Wildman–Crippen MR) is 145 cm³/mol. The summed E-state index contributed by atoms with van der Waals surface area (Å²) < 4.78 is 0. The van der Waals surface area contributed by atoms with Crippen molar-refractivity contribution >= 4 is 22.7 Å². The highest BCUT2D eigenvalue weighted by Crippen LogP contribution is 2.31. The van der Waals surface area contributed by atoms with Crippen LogP contribution in [0.25, 0.3) is 0 Å². The number of allylic oxidation sites excluding steroid dienone is 2. The molecule has 0 bridgehead atoms. The molecule has 0 atom stereocenters. The highest BCUT2D eigenvalue weighted by molar-refractivity contribution is 5.65. The van der Waals surface area contributed by atoms with Crippen LogP contribution >= 0.6 is 0 Å². The number of anilines is 4. The summed E-state index contributed by atoms with van der Waals surface area (Å²) >= 11 is 0. The highest BCUT2D eigenvalue weighted by Gasteiger charge is 2.16. The summed E-state index contributed by atoms with van der Waals surface area (Å²) in [6.07, 6.45) is 7.01. The van der Waals surface area contributed by atoms with Gasteiger partial charge in [0.15, 0.2) is 0 Å². The van der Waals surface area contributed by atoms with Crippen LogP contribution in [0.1, 0.15) is 12.8 Å². The van der Waals surface area contributed by atoms with Crippen molar-refractivity contribution in [2.45, 2.75) is 12.8 Å². The van der Waals surface area contributed by atoms with Crippen LogP contribution in [-0.2, 0) is 0 Å². The van der Waals surface area contributed by atoms with Crippen molar-refractivity contribution in [1.82, 2.24) is 0 Å². The molecule has 0 aromatic heterocycles. The van der Waals surface area contributed by atoms with Crippen molar-refractivity contribution in [3.63, 3.8) is 0 Å². The number of hydrogen-bond acceptors (Lipinski definition) is 2. The first-order valence-corrected chi connectivity index (χ1v) is 12.0. The third-order valence-corrected chi connectivity index (χ3v) is 6.29. The van der Waals surface area contributed by atoms with Crippen molar-refractivity contribution in [3.05, 3.63) is 145 Å². The summed E-state index contributed by atoms with van der Waals surface area (Å²) in [5, 5.41) is 0. The molecular formula is C32H30N2. The Morgan fingerprint density at radius 3 is 1.35 bits per heavy atom. The van der Waals surface area contributed by atoms with Gasteiger partial charge in [0.25, 0.3) is 0 Å². The quantitative estimate of drug-likeness (QED) is 0.271. The molecule has 168 valence electrons. The molecule has 4 aromatic rings. The summed E-state index contributed by atoms with van der Waals surface area (Å²) in [4.78, 5) is 4.79. The van der Waals surface area contributed by atoms with E-state index in [0.717, 1.165) is 25.9 Å². The zero-order valence-electron chi connectivity index (χ0n) is 19.4. The van der Waals surface area contributed by atoms with Gasteiger partial charge in [-0.1, -0.05) is 84.9 Å². The fourth-order valence-corrected chi connectivity index (χ4v) is 4.53. The van der Waals surface area contributed by atoms with E-state index in [4.69, 9.17) is 0 Å².